The first kappa shape index (κ1) is 20.8. The van der Waals surface area contributed by atoms with Gasteiger partial charge in [-0.15, -0.1) is 12.4 Å². The minimum Gasteiger partial charge on any atom is -0.388 e. The van der Waals surface area contributed by atoms with Crippen molar-refractivity contribution >= 4 is 12.4 Å². The molecule has 2 nitrogen and oxygen atoms in total. The number of rotatable bonds is 4. The zero-order valence-corrected chi connectivity index (χ0v) is 17.7. The maximum atomic E-state index is 13.4. The van der Waals surface area contributed by atoms with Crippen LogP contribution in [0.1, 0.15) is 66.4 Å². The number of piperidine rings is 1. The fourth-order valence-electron chi connectivity index (χ4n) is 6.05. The van der Waals surface area contributed by atoms with Crippen LogP contribution in [-0.4, -0.2) is 23.1 Å². The van der Waals surface area contributed by atoms with Crippen LogP contribution < -0.4 is 0 Å². The van der Waals surface area contributed by atoms with Crippen molar-refractivity contribution in [2.24, 2.45) is 11.8 Å². The number of benzene rings is 2. The lowest BCUT2D eigenvalue weighted by Gasteiger charge is -2.35. The van der Waals surface area contributed by atoms with Gasteiger partial charge in [0, 0.05) is 6.54 Å². The van der Waals surface area contributed by atoms with Crippen LogP contribution in [0.2, 0.25) is 0 Å². The van der Waals surface area contributed by atoms with Crippen molar-refractivity contribution < 1.29 is 9.50 Å². The second-order valence-electron chi connectivity index (χ2n) is 9.11. The van der Waals surface area contributed by atoms with E-state index in [2.05, 4.69) is 23.1 Å². The lowest BCUT2D eigenvalue weighted by molar-refractivity contribution is 0.0754. The molecule has 4 heteroatoms. The molecule has 29 heavy (non-hydrogen) atoms. The standard InChI is InChI=1S/C25H30FNO.ClH/c26-20-7-1-4-18(14-20)16-27-12-10-17(11-13-27)15-23-21-8-2-5-19-6-3-9-22(24(19)21)25(23)28;/h1,3-4,6-7,9,14,17,21,23,25,28H,2,5,8,10-13,15-16H2;1H. The third kappa shape index (κ3) is 4.10. The summed E-state index contributed by atoms with van der Waals surface area (Å²) in [5.41, 5.74) is 5.26. The Hall–Kier alpha value is -1.42. The van der Waals surface area contributed by atoms with Gasteiger partial charge >= 0.3 is 0 Å². The molecule has 2 aromatic carbocycles. The van der Waals surface area contributed by atoms with Crippen molar-refractivity contribution in [2.75, 3.05) is 13.1 Å². The quantitative estimate of drug-likeness (QED) is 0.699. The molecule has 1 heterocycles. The first-order valence-corrected chi connectivity index (χ1v) is 11.0. The molecule has 3 aliphatic rings. The highest BCUT2D eigenvalue weighted by Crippen LogP contribution is 2.53. The number of nitrogens with zero attached hydrogens (tertiary/aromatic N) is 1. The minimum atomic E-state index is -0.275. The molecule has 3 unspecified atom stereocenters. The van der Waals surface area contributed by atoms with E-state index in [1.54, 1.807) is 12.1 Å². The number of aliphatic hydroxyl groups is 1. The third-order valence-electron chi connectivity index (χ3n) is 7.41. The van der Waals surface area contributed by atoms with Crippen LogP contribution in [0.5, 0.6) is 0 Å². The summed E-state index contributed by atoms with van der Waals surface area (Å²) in [6.45, 7) is 2.99. The zero-order valence-electron chi connectivity index (χ0n) is 16.9. The van der Waals surface area contributed by atoms with E-state index in [1.807, 2.05) is 6.07 Å². The first-order valence-electron chi connectivity index (χ1n) is 11.0. The Morgan fingerprint density at radius 1 is 1.03 bits per heavy atom. The van der Waals surface area contributed by atoms with Crippen LogP contribution >= 0.6 is 12.4 Å². The van der Waals surface area contributed by atoms with Crippen molar-refractivity contribution in [3.63, 3.8) is 0 Å². The molecule has 1 aliphatic heterocycles. The Labute approximate surface area is 179 Å². The van der Waals surface area contributed by atoms with E-state index in [-0.39, 0.29) is 24.3 Å². The van der Waals surface area contributed by atoms with Crippen molar-refractivity contribution in [1.82, 2.24) is 4.90 Å². The third-order valence-corrected chi connectivity index (χ3v) is 7.41. The van der Waals surface area contributed by atoms with Gasteiger partial charge in [0.05, 0.1) is 6.10 Å². The highest BCUT2D eigenvalue weighted by molar-refractivity contribution is 5.85. The second kappa shape index (κ2) is 8.75. The molecule has 0 amide bonds. The molecule has 0 bridgehead atoms. The largest absolute Gasteiger partial charge is 0.388 e. The molecule has 156 valence electrons. The van der Waals surface area contributed by atoms with Gasteiger partial charge in [0.15, 0.2) is 0 Å². The zero-order chi connectivity index (χ0) is 19.1. The van der Waals surface area contributed by atoms with E-state index in [4.69, 9.17) is 0 Å². The summed E-state index contributed by atoms with van der Waals surface area (Å²) < 4.78 is 13.4. The van der Waals surface area contributed by atoms with E-state index < -0.39 is 0 Å². The van der Waals surface area contributed by atoms with Crippen molar-refractivity contribution in [3.8, 4) is 0 Å². The van der Waals surface area contributed by atoms with Crippen LogP contribution in [-0.2, 0) is 13.0 Å². The smallest absolute Gasteiger partial charge is 0.123 e. The molecular weight excluding hydrogens is 385 g/mol. The highest BCUT2D eigenvalue weighted by Gasteiger charge is 2.43. The van der Waals surface area contributed by atoms with E-state index in [1.165, 1.54) is 54.9 Å². The summed E-state index contributed by atoms with van der Waals surface area (Å²) in [7, 11) is 0. The molecule has 0 spiro atoms. The Morgan fingerprint density at radius 3 is 2.62 bits per heavy atom. The van der Waals surface area contributed by atoms with Crippen LogP contribution in [0.4, 0.5) is 4.39 Å². The van der Waals surface area contributed by atoms with E-state index >= 15 is 0 Å². The van der Waals surface area contributed by atoms with Crippen molar-refractivity contribution in [1.29, 1.82) is 0 Å². The molecular formula is C25H31ClFNO. The van der Waals surface area contributed by atoms with Crippen molar-refractivity contribution in [3.05, 3.63) is 70.5 Å². The summed E-state index contributed by atoms with van der Waals surface area (Å²) in [5.74, 6) is 1.52. The molecule has 1 saturated heterocycles. The van der Waals surface area contributed by atoms with Crippen LogP contribution in [0.3, 0.4) is 0 Å². The van der Waals surface area contributed by atoms with Crippen LogP contribution in [0, 0.1) is 17.7 Å². The Balaban J connectivity index is 0.00000205. The Morgan fingerprint density at radius 2 is 1.83 bits per heavy atom. The van der Waals surface area contributed by atoms with E-state index in [9.17, 15) is 9.50 Å². The molecule has 0 aromatic heterocycles. The lowest BCUT2D eigenvalue weighted by atomic mass is 9.75. The topological polar surface area (TPSA) is 23.5 Å². The van der Waals surface area contributed by atoms with Gasteiger partial charge < -0.3 is 5.11 Å². The summed E-state index contributed by atoms with van der Waals surface area (Å²) in [4.78, 5) is 2.45. The summed E-state index contributed by atoms with van der Waals surface area (Å²) in [5, 5.41) is 11.1. The number of aliphatic hydroxyl groups excluding tert-OH is 1. The second-order valence-corrected chi connectivity index (χ2v) is 9.11. The highest BCUT2D eigenvalue weighted by atomic mass is 35.5. The number of likely N-dealkylation sites (tertiary alicyclic amines) is 1. The maximum Gasteiger partial charge on any atom is 0.123 e. The van der Waals surface area contributed by atoms with Gasteiger partial charge in [0.2, 0.25) is 0 Å². The molecule has 0 saturated carbocycles. The Kier molecular flexibility index (Phi) is 6.29. The monoisotopic (exact) mass is 415 g/mol. The fraction of sp³-hybridized carbons (Fsp3) is 0.520. The van der Waals surface area contributed by atoms with Gasteiger partial charge in [-0.1, -0.05) is 30.3 Å². The molecule has 1 N–H and O–H groups in total. The minimum absolute atomic E-state index is 0. The average Bonchev–Trinajstić information content (AvgIpc) is 2.98. The molecule has 5 rings (SSSR count). The van der Waals surface area contributed by atoms with Crippen LogP contribution in [0.15, 0.2) is 42.5 Å². The van der Waals surface area contributed by atoms with Gasteiger partial charge in [0.1, 0.15) is 5.82 Å². The number of halogens is 2. The molecule has 2 aromatic rings. The number of hydrogen-bond donors (Lipinski definition) is 1. The van der Waals surface area contributed by atoms with E-state index in [0.29, 0.717) is 17.8 Å². The molecule has 2 aliphatic carbocycles. The van der Waals surface area contributed by atoms with Gasteiger partial charge in [-0.3, -0.25) is 4.90 Å². The van der Waals surface area contributed by atoms with Gasteiger partial charge in [-0.05, 0) is 104 Å². The Bertz CT molecular complexity index is 848. The normalized spacial score (nSPS) is 26.8. The molecule has 0 radical (unpaired) electrons. The van der Waals surface area contributed by atoms with Gasteiger partial charge in [0.25, 0.3) is 0 Å². The van der Waals surface area contributed by atoms with E-state index in [0.717, 1.165) is 31.6 Å². The van der Waals surface area contributed by atoms with Gasteiger partial charge in [-0.2, -0.15) is 0 Å². The number of hydrogen-bond acceptors (Lipinski definition) is 2. The first-order chi connectivity index (χ1) is 13.7. The summed E-state index contributed by atoms with van der Waals surface area (Å²) >= 11 is 0. The summed E-state index contributed by atoms with van der Waals surface area (Å²) in [6, 6.07) is 13.5. The predicted molar refractivity (Wildman–Crippen MR) is 117 cm³/mol. The van der Waals surface area contributed by atoms with Gasteiger partial charge in [-0.25, -0.2) is 4.39 Å². The summed E-state index contributed by atoms with van der Waals surface area (Å²) in [6.07, 6.45) is 6.93. The molecule has 3 atom stereocenters. The maximum absolute atomic E-state index is 13.4. The lowest BCUT2D eigenvalue weighted by Crippen LogP contribution is -2.34. The molecule has 1 fully saturated rings. The average molecular weight is 416 g/mol. The number of aryl methyl sites for hydroxylation is 1. The fourth-order valence-corrected chi connectivity index (χ4v) is 6.05. The predicted octanol–water partition coefficient (Wildman–Crippen LogP) is 5.63. The van der Waals surface area contributed by atoms with Crippen LogP contribution in [0.25, 0.3) is 0 Å². The SMILES string of the molecule is Cl.OC1c2cccc3c2C(CCC3)C1CC1CCN(Cc2cccc(F)c2)CC1. The van der Waals surface area contributed by atoms with Crippen molar-refractivity contribution in [2.45, 2.75) is 57.1 Å².